The largest absolute Gasteiger partial charge is 0.369 e. The van der Waals surface area contributed by atoms with Crippen LogP contribution in [0.5, 0.6) is 0 Å². The topological polar surface area (TPSA) is 106 Å². The average Bonchev–Trinajstić information content (AvgIpc) is 3.00. The van der Waals surface area contributed by atoms with E-state index >= 15 is 0 Å². The van der Waals surface area contributed by atoms with Crippen LogP contribution in [0.25, 0.3) is 0 Å². The lowest BCUT2D eigenvalue weighted by molar-refractivity contribution is -0.161. The molecule has 4 N–H and O–H groups in total. The van der Waals surface area contributed by atoms with Gasteiger partial charge < -0.3 is 16.4 Å². The monoisotopic (exact) mass is 423 g/mol. The van der Waals surface area contributed by atoms with Crippen molar-refractivity contribution in [2.45, 2.75) is 52.0 Å². The van der Waals surface area contributed by atoms with Gasteiger partial charge in [-0.05, 0) is 75.2 Å². The first-order valence-electron chi connectivity index (χ1n) is 11.6. The summed E-state index contributed by atoms with van der Waals surface area (Å²) < 4.78 is 0. The van der Waals surface area contributed by atoms with Crippen LogP contribution < -0.4 is 11.5 Å². The Bertz CT molecular complexity index is 915. The van der Waals surface area contributed by atoms with Crippen LogP contribution in [0.15, 0.2) is 30.3 Å². The standard InChI is InChI=1S/C25H33N3O3/c1-14(16-6-4-3-5-7-16)28-13-19(24(2,21(26)29)23(28)31)20-17-8-15-9-18(20)12-25(10-15,11-17)22(27)30/h3-7,14-15,17-20H,8-13H2,1-2H3,(H2,26,29)(H2,27,30)/t14-,15?,17?,18?,19?,20?,24?,25?/m1/s1. The molecule has 6 heteroatoms. The molecule has 3 amide bonds. The molecule has 4 unspecified atom stereocenters. The van der Waals surface area contributed by atoms with Crippen molar-refractivity contribution in [3.63, 3.8) is 0 Å². The van der Waals surface area contributed by atoms with E-state index in [2.05, 4.69) is 0 Å². The van der Waals surface area contributed by atoms with E-state index in [4.69, 9.17) is 11.5 Å². The van der Waals surface area contributed by atoms with E-state index in [-0.39, 0.29) is 35.1 Å². The van der Waals surface area contributed by atoms with Gasteiger partial charge in [-0.3, -0.25) is 14.4 Å². The Morgan fingerprint density at radius 3 is 2.19 bits per heavy atom. The first kappa shape index (κ1) is 20.5. The Hall–Kier alpha value is -2.37. The minimum Gasteiger partial charge on any atom is -0.369 e. The minimum absolute atomic E-state index is 0.119. The molecule has 0 aromatic heterocycles. The molecule has 166 valence electrons. The fraction of sp³-hybridized carbons (Fsp3) is 0.640. The third-order valence-electron chi connectivity index (χ3n) is 9.43. The predicted octanol–water partition coefficient (Wildman–Crippen LogP) is 2.63. The fourth-order valence-electron chi connectivity index (χ4n) is 8.00. The van der Waals surface area contributed by atoms with Gasteiger partial charge >= 0.3 is 0 Å². The Morgan fingerprint density at radius 1 is 1.03 bits per heavy atom. The van der Waals surface area contributed by atoms with Crippen molar-refractivity contribution in [2.24, 2.45) is 51.9 Å². The molecule has 1 saturated heterocycles. The maximum Gasteiger partial charge on any atom is 0.238 e. The number of carbonyl (C=O) groups excluding carboxylic acids is 3. The maximum absolute atomic E-state index is 13.7. The molecular weight excluding hydrogens is 390 g/mol. The first-order valence-corrected chi connectivity index (χ1v) is 11.6. The SMILES string of the molecule is C[C@H](c1ccccc1)N1CC(C2C3CC4CC2CC(C(N)=O)(C4)C3)C(C)(C(N)=O)C1=O. The molecule has 6 rings (SSSR count). The Labute approximate surface area is 183 Å². The van der Waals surface area contributed by atoms with Gasteiger partial charge in [0.15, 0.2) is 0 Å². The molecule has 0 radical (unpaired) electrons. The second-order valence-electron chi connectivity index (χ2n) is 10.9. The smallest absolute Gasteiger partial charge is 0.238 e. The van der Waals surface area contributed by atoms with E-state index in [1.54, 1.807) is 6.92 Å². The van der Waals surface area contributed by atoms with Crippen molar-refractivity contribution < 1.29 is 14.4 Å². The van der Waals surface area contributed by atoms with Gasteiger partial charge in [0.05, 0.1) is 6.04 Å². The number of benzene rings is 1. The van der Waals surface area contributed by atoms with E-state index in [9.17, 15) is 14.4 Å². The van der Waals surface area contributed by atoms with E-state index in [0.29, 0.717) is 24.3 Å². The summed E-state index contributed by atoms with van der Waals surface area (Å²) in [7, 11) is 0. The van der Waals surface area contributed by atoms with E-state index < -0.39 is 11.3 Å². The molecule has 1 heterocycles. The van der Waals surface area contributed by atoms with Gasteiger partial charge in [-0.25, -0.2) is 0 Å². The highest BCUT2D eigenvalue weighted by Crippen LogP contribution is 2.65. The second-order valence-corrected chi connectivity index (χ2v) is 10.9. The zero-order valence-electron chi connectivity index (χ0n) is 18.4. The zero-order chi connectivity index (χ0) is 22.1. The van der Waals surface area contributed by atoms with Crippen LogP contribution in [-0.2, 0) is 14.4 Å². The second kappa shape index (κ2) is 6.81. The molecule has 4 aliphatic carbocycles. The number of primary amides is 2. The summed E-state index contributed by atoms with van der Waals surface area (Å²) in [5.74, 6) is 0.484. The van der Waals surface area contributed by atoms with Gasteiger partial charge in [0.2, 0.25) is 17.7 Å². The third-order valence-corrected chi connectivity index (χ3v) is 9.43. The molecule has 31 heavy (non-hydrogen) atoms. The van der Waals surface area contributed by atoms with E-state index in [1.807, 2.05) is 42.2 Å². The normalized spacial score (nSPS) is 42.1. The number of amides is 3. The van der Waals surface area contributed by atoms with E-state index in [0.717, 1.165) is 37.7 Å². The van der Waals surface area contributed by atoms with Crippen molar-refractivity contribution in [3.8, 4) is 0 Å². The van der Waals surface area contributed by atoms with Crippen LogP contribution in [0.4, 0.5) is 0 Å². The molecule has 5 aliphatic rings. The number of hydrogen-bond donors (Lipinski definition) is 2. The molecule has 1 aliphatic heterocycles. The number of likely N-dealkylation sites (tertiary alicyclic amines) is 1. The molecule has 5 fully saturated rings. The van der Waals surface area contributed by atoms with Crippen LogP contribution in [0.3, 0.4) is 0 Å². The summed E-state index contributed by atoms with van der Waals surface area (Å²) in [6.07, 6.45) is 4.66. The summed E-state index contributed by atoms with van der Waals surface area (Å²) >= 11 is 0. The quantitative estimate of drug-likeness (QED) is 0.711. The predicted molar refractivity (Wildman–Crippen MR) is 116 cm³/mol. The van der Waals surface area contributed by atoms with Gasteiger partial charge in [-0.1, -0.05) is 30.3 Å². The minimum atomic E-state index is -1.21. The summed E-state index contributed by atoms with van der Waals surface area (Å²) in [5, 5.41) is 0. The van der Waals surface area contributed by atoms with Crippen molar-refractivity contribution >= 4 is 17.7 Å². The Balaban J connectivity index is 1.49. The van der Waals surface area contributed by atoms with Crippen LogP contribution in [-0.4, -0.2) is 29.2 Å². The number of hydrogen-bond acceptors (Lipinski definition) is 3. The lowest BCUT2D eigenvalue weighted by atomic mass is 9.43. The highest BCUT2D eigenvalue weighted by Gasteiger charge is 2.65. The maximum atomic E-state index is 13.7. The third kappa shape index (κ3) is 2.79. The molecule has 6 nitrogen and oxygen atoms in total. The van der Waals surface area contributed by atoms with Gasteiger partial charge in [-0.15, -0.1) is 0 Å². The summed E-state index contributed by atoms with van der Waals surface area (Å²) in [5.41, 5.74) is 11.3. The molecular formula is C25H33N3O3. The molecule has 1 aromatic rings. The summed E-state index contributed by atoms with van der Waals surface area (Å²) in [6.45, 7) is 4.32. The number of rotatable bonds is 5. The summed E-state index contributed by atoms with van der Waals surface area (Å²) in [4.78, 5) is 40.6. The van der Waals surface area contributed by atoms with Crippen LogP contribution in [0.1, 0.15) is 57.6 Å². The van der Waals surface area contributed by atoms with E-state index in [1.165, 1.54) is 0 Å². The van der Waals surface area contributed by atoms with Crippen LogP contribution in [0, 0.1) is 40.4 Å². The van der Waals surface area contributed by atoms with Crippen molar-refractivity contribution in [1.82, 2.24) is 4.90 Å². The van der Waals surface area contributed by atoms with Crippen molar-refractivity contribution in [2.75, 3.05) is 6.54 Å². The van der Waals surface area contributed by atoms with Crippen molar-refractivity contribution in [1.29, 1.82) is 0 Å². The zero-order valence-corrected chi connectivity index (χ0v) is 18.4. The van der Waals surface area contributed by atoms with Gasteiger partial charge in [0.1, 0.15) is 5.41 Å². The molecule has 4 saturated carbocycles. The molecule has 4 bridgehead atoms. The fourth-order valence-corrected chi connectivity index (χ4v) is 8.00. The molecule has 5 atom stereocenters. The molecule has 1 aromatic carbocycles. The highest BCUT2D eigenvalue weighted by molar-refractivity contribution is 6.06. The average molecular weight is 424 g/mol. The number of carbonyl (C=O) groups is 3. The van der Waals surface area contributed by atoms with Crippen LogP contribution >= 0.6 is 0 Å². The van der Waals surface area contributed by atoms with Gasteiger partial charge in [0, 0.05) is 17.9 Å². The first-order chi connectivity index (χ1) is 14.7. The molecule has 0 spiro atoms. The van der Waals surface area contributed by atoms with Gasteiger partial charge in [-0.2, -0.15) is 0 Å². The number of nitrogens with zero attached hydrogens (tertiary/aromatic N) is 1. The van der Waals surface area contributed by atoms with Gasteiger partial charge in [0.25, 0.3) is 0 Å². The van der Waals surface area contributed by atoms with Crippen molar-refractivity contribution in [3.05, 3.63) is 35.9 Å². The van der Waals surface area contributed by atoms with Crippen LogP contribution in [0.2, 0.25) is 0 Å². The lowest BCUT2D eigenvalue weighted by Gasteiger charge is -2.61. The highest BCUT2D eigenvalue weighted by atomic mass is 16.2. The lowest BCUT2D eigenvalue weighted by Crippen LogP contribution is -2.59. The Morgan fingerprint density at radius 2 is 1.65 bits per heavy atom. The number of nitrogens with two attached hydrogens (primary N) is 2. The summed E-state index contributed by atoms with van der Waals surface area (Å²) in [6, 6.07) is 9.82. The Kier molecular flexibility index (Phi) is 4.51.